The van der Waals surface area contributed by atoms with Gasteiger partial charge < -0.3 is 5.11 Å². The molecule has 0 aliphatic rings. The Morgan fingerprint density at radius 1 is 1.45 bits per heavy atom. The Morgan fingerprint density at radius 2 is 2.20 bits per heavy atom. The van der Waals surface area contributed by atoms with Crippen molar-refractivity contribution in [1.82, 2.24) is 14.8 Å². The average Bonchev–Trinajstić information content (AvgIpc) is 2.80. The highest BCUT2D eigenvalue weighted by atomic mass is 32.2. The first-order valence-corrected chi connectivity index (χ1v) is 6.73. The van der Waals surface area contributed by atoms with Crippen LogP contribution in [0.3, 0.4) is 0 Å². The second kappa shape index (κ2) is 5.25. The van der Waals surface area contributed by atoms with Crippen LogP contribution in [0.5, 0.6) is 0 Å². The summed E-state index contributed by atoms with van der Waals surface area (Å²) >= 11 is 0. The molecule has 0 aromatic carbocycles. The highest BCUT2D eigenvalue weighted by Crippen LogP contribution is 2.17. The van der Waals surface area contributed by atoms with E-state index in [9.17, 15) is 17.6 Å². The molecule has 2 rings (SSSR count). The van der Waals surface area contributed by atoms with Gasteiger partial charge in [-0.1, -0.05) is 0 Å². The minimum atomic E-state index is -4.04. The lowest BCUT2D eigenvalue weighted by molar-refractivity contribution is -0.137. The van der Waals surface area contributed by atoms with Crippen LogP contribution >= 0.6 is 0 Å². The first-order valence-electron chi connectivity index (χ1n) is 5.25. The Morgan fingerprint density at radius 3 is 2.85 bits per heavy atom. The van der Waals surface area contributed by atoms with Crippen LogP contribution in [0, 0.1) is 5.82 Å². The third-order valence-corrected chi connectivity index (χ3v) is 3.55. The molecule has 2 aromatic rings. The molecule has 0 spiro atoms. The molecule has 10 heteroatoms. The molecule has 0 unspecified atom stereocenters. The van der Waals surface area contributed by atoms with Crippen LogP contribution in [-0.4, -0.2) is 34.3 Å². The minimum Gasteiger partial charge on any atom is -0.480 e. The van der Waals surface area contributed by atoms with E-state index in [-0.39, 0.29) is 10.6 Å². The third kappa shape index (κ3) is 3.09. The van der Waals surface area contributed by atoms with E-state index in [1.54, 1.807) is 0 Å². The predicted molar refractivity (Wildman–Crippen MR) is 64.9 cm³/mol. The highest BCUT2D eigenvalue weighted by Gasteiger charge is 2.18. The second-order valence-electron chi connectivity index (χ2n) is 3.73. The van der Waals surface area contributed by atoms with Gasteiger partial charge in [-0.3, -0.25) is 19.2 Å². The molecule has 8 nitrogen and oxygen atoms in total. The number of anilines is 1. The molecule has 0 saturated heterocycles. The van der Waals surface area contributed by atoms with Crippen molar-refractivity contribution in [3.8, 4) is 0 Å². The number of sulfonamides is 1. The first kappa shape index (κ1) is 13.9. The summed E-state index contributed by atoms with van der Waals surface area (Å²) in [5, 5.41) is 12.2. The number of halogens is 1. The van der Waals surface area contributed by atoms with Crippen molar-refractivity contribution in [1.29, 1.82) is 0 Å². The van der Waals surface area contributed by atoms with Crippen LogP contribution in [-0.2, 0) is 21.4 Å². The fourth-order valence-electron chi connectivity index (χ4n) is 1.37. The van der Waals surface area contributed by atoms with Gasteiger partial charge in [-0.15, -0.1) is 0 Å². The number of carboxylic acid groups (broad SMARTS) is 1. The van der Waals surface area contributed by atoms with Crippen LogP contribution in [0.25, 0.3) is 0 Å². The maximum atomic E-state index is 13.3. The number of nitrogens with zero attached hydrogens (tertiary/aromatic N) is 3. The number of pyridine rings is 1. The van der Waals surface area contributed by atoms with Crippen LogP contribution in [0.4, 0.5) is 10.1 Å². The molecule has 2 aromatic heterocycles. The molecule has 0 saturated carbocycles. The van der Waals surface area contributed by atoms with Crippen molar-refractivity contribution in [3.63, 3.8) is 0 Å². The van der Waals surface area contributed by atoms with E-state index >= 15 is 0 Å². The molecule has 2 heterocycles. The van der Waals surface area contributed by atoms with Crippen molar-refractivity contribution in [2.45, 2.75) is 11.4 Å². The summed E-state index contributed by atoms with van der Waals surface area (Å²) in [6.07, 6.45) is 4.11. The van der Waals surface area contributed by atoms with E-state index in [0.29, 0.717) is 0 Å². The predicted octanol–water partition coefficient (Wildman–Crippen LogP) is 0.303. The molecular weight excluding hydrogens is 291 g/mol. The lowest BCUT2D eigenvalue weighted by Gasteiger charge is -2.06. The van der Waals surface area contributed by atoms with Gasteiger partial charge in [0.15, 0.2) is 5.82 Å². The molecule has 0 atom stereocenters. The number of rotatable bonds is 5. The van der Waals surface area contributed by atoms with Gasteiger partial charge in [0.25, 0.3) is 10.0 Å². The summed E-state index contributed by atoms with van der Waals surface area (Å²) in [5.41, 5.74) is -0.258. The molecule has 106 valence electrons. The fourth-order valence-corrected chi connectivity index (χ4v) is 2.39. The lowest BCUT2D eigenvalue weighted by atomic mass is 10.4. The number of aliphatic carboxylic acids is 1. The van der Waals surface area contributed by atoms with Gasteiger partial charge in [-0.05, 0) is 6.07 Å². The van der Waals surface area contributed by atoms with Gasteiger partial charge in [-0.2, -0.15) is 5.10 Å². The molecular formula is C10H9FN4O4S. The van der Waals surface area contributed by atoms with Crippen LogP contribution in [0.1, 0.15) is 0 Å². The Kier molecular flexibility index (Phi) is 3.66. The second-order valence-corrected chi connectivity index (χ2v) is 5.41. The monoisotopic (exact) mass is 300 g/mol. The summed E-state index contributed by atoms with van der Waals surface area (Å²) < 4.78 is 40.2. The summed E-state index contributed by atoms with van der Waals surface area (Å²) in [7, 11) is -4.04. The van der Waals surface area contributed by atoms with Crippen LogP contribution in [0.2, 0.25) is 0 Å². The van der Waals surface area contributed by atoms with E-state index in [1.807, 2.05) is 4.72 Å². The Bertz CT molecular complexity index is 743. The van der Waals surface area contributed by atoms with E-state index in [0.717, 1.165) is 29.3 Å². The van der Waals surface area contributed by atoms with Crippen molar-refractivity contribution < 1.29 is 22.7 Å². The molecule has 2 N–H and O–H groups in total. The van der Waals surface area contributed by atoms with E-state index in [1.165, 1.54) is 6.20 Å². The zero-order chi connectivity index (χ0) is 14.8. The Balaban J connectivity index is 2.25. The molecule has 0 aliphatic heterocycles. The molecule has 0 aliphatic carbocycles. The van der Waals surface area contributed by atoms with Gasteiger partial charge in [-0.25, -0.2) is 12.8 Å². The molecule has 0 amide bonds. The quantitative estimate of drug-likeness (QED) is 0.821. The largest absolute Gasteiger partial charge is 0.480 e. The topological polar surface area (TPSA) is 114 Å². The smallest absolute Gasteiger partial charge is 0.325 e. The van der Waals surface area contributed by atoms with E-state index in [4.69, 9.17) is 5.11 Å². The average molecular weight is 300 g/mol. The summed E-state index contributed by atoms with van der Waals surface area (Å²) in [5.74, 6) is -1.99. The number of hydrogen-bond donors (Lipinski definition) is 2. The normalized spacial score (nSPS) is 11.2. The van der Waals surface area contributed by atoms with Crippen molar-refractivity contribution in [2.24, 2.45) is 0 Å². The van der Waals surface area contributed by atoms with Gasteiger partial charge in [0, 0.05) is 12.4 Å². The van der Waals surface area contributed by atoms with Crippen LogP contribution in [0.15, 0.2) is 35.7 Å². The number of carbonyl (C=O) groups is 1. The summed E-state index contributed by atoms with van der Waals surface area (Å²) in [4.78, 5) is 13.7. The van der Waals surface area contributed by atoms with Crippen molar-refractivity contribution in [3.05, 3.63) is 36.7 Å². The van der Waals surface area contributed by atoms with Gasteiger partial charge in [0.05, 0.1) is 18.1 Å². The van der Waals surface area contributed by atoms with Gasteiger partial charge in [0.2, 0.25) is 0 Å². The summed E-state index contributed by atoms with van der Waals surface area (Å²) in [6.45, 7) is -0.473. The fraction of sp³-hybridized carbons (Fsp3) is 0.100. The van der Waals surface area contributed by atoms with Crippen molar-refractivity contribution >= 4 is 21.7 Å². The van der Waals surface area contributed by atoms with E-state index in [2.05, 4.69) is 10.1 Å². The van der Waals surface area contributed by atoms with Gasteiger partial charge >= 0.3 is 5.97 Å². The van der Waals surface area contributed by atoms with Gasteiger partial charge in [0.1, 0.15) is 11.4 Å². The standard InChI is InChI=1S/C10H9FN4O4S/c11-8-4-12-2-1-9(8)14-20(18,19)7-3-13-15(5-7)6-10(16)17/h1-5H,6H2,(H,12,14)(H,16,17). The highest BCUT2D eigenvalue weighted by molar-refractivity contribution is 7.92. The number of nitrogens with one attached hydrogen (secondary N) is 1. The zero-order valence-electron chi connectivity index (χ0n) is 9.89. The maximum Gasteiger partial charge on any atom is 0.325 e. The molecule has 20 heavy (non-hydrogen) atoms. The number of aromatic nitrogens is 3. The maximum absolute atomic E-state index is 13.3. The first-order chi connectivity index (χ1) is 9.38. The molecule has 0 bridgehead atoms. The SMILES string of the molecule is O=C(O)Cn1cc(S(=O)(=O)Nc2ccncc2F)cn1. The molecule has 0 fully saturated rings. The van der Waals surface area contributed by atoms with E-state index < -0.39 is 28.4 Å². The van der Waals surface area contributed by atoms with Crippen LogP contribution < -0.4 is 4.72 Å². The lowest BCUT2D eigenvalue weighted by Crippen LogP contribution is -2.14. The number of carboxylic acids is 1. The summed E-state index contributed by atoms with van der Waals surface area (Å²) in [6, 6.07) is 1.16. The number of hydrogen-bond acceptors (Lipinski definition) is 5. The molecule has 0 radical (unpaired) electrons. The Hall–Kier alpha value is -2.49. The Labute approximate surface area is 112 Å². The zero-order valence-corrected chi connectivity index (χ0v) is 10.7. The van der Waals surface area contributed by atoms with Crippen molar-refractivity contribution in [2.75, 3.05) is 4.72 Å². The third-order valence-electron chi connectivity index (χ3n) is 2.23. The minimum absolute atomic E-state index is 0.258.